The van der Waals surface area contributed by atoms with Crippen molar-refractivity contribution in [3.8, 4) is 0 Å². The van der Waals surface area contributed by atoms with E-state index in [1.165, 1.54) is 16.4 Å². The molecule has 0 aromatic heterocycles. The van der Waals surface area contributed by atoms with Crippen LogP contribution in [0.4, 0.5) is 0 Å². The molecule has 0 saturated heterocycles. The Morgan fingerprint density at radius 2 is 1.50 bits per heavy atom. The number of carbonyl (C=O) groups is 1. The van der Waals surface area contributed by atoms with Gasteiger partial charge in [0.15, 0.2) is 0 Å². The lowest BCUT2D eigenvalue weighted by Crippen LogP contribution is -2.40. The SMILES string of the molecule is Cc1ccc(CNC(=O)CN(Cc2ccc(Br)cc2)S(=O)(=O)c2ccccc2)cc1. The zero-order chi connectivity index (χ0) is 21.6. The molecule has 0 fully saturated rings. The minimum atomic E-state index is -3.83. The van der Waals surface area contributed by atoms with Crippen LogP contribution in [0.5, 0.6) is 0 Å². The van der Waals surface area contributed by atoms with Crippen LogP contribution in [0.3, 0.4) is 0 Å². The summed E-state index contributed by atoms with van der Waals surface area (Å²) < 4.78 is 28.5. The Morgan fingerprint density at radius 3 is 2.13 bits per heavy atom. The van der Waals surface area contributed by atoms with Gasteiger partial charge < -0.3 is 5.32 Å². The second kappa shape index (κ2) is 10.0. The molecule has 0 heterocycles. The average Bonchev–Trinajstić information content (AvgIpc) is 2.75. The second-order valence-electron chi connectivity index (χ2n) is 6.97. The molecule has 0 bridgehead atoms. The predicted octanol–water partition coefficient (Wildman–Crippen LogP) is 4.26. The minimum Gasteiger partial charge on any atom is -0.351 e. The highest BCUT2D eigenvalue weighted by atomic mass is 79.9. The first-order chi connectivity index (χ1) is 14.3. The maximum absolute atomic E-state index is 13.2. The standard InChI is InChI=1S/C23H23BrN2O3S/c1-18-7-9-19(10-8-18)15-25-23(27)17-26(16-20-11-13-21(24)14-12-20)30(28,29)22-5-3-2-4-6-22/h2-14H,15-17H2,1H3,(H,25,27). The fourth-order valence-corrected chi connectivity index (χ4v) is 4.55. The van der Waals surface area contributed by atoms with Gasteiger partial charge in [-0.15, -0.1) is 0 Å². The van der Waals surface area contributed by atoms with E-state index < -0.39 is 10.0 Å². The highest BCUT2D eigenvalue weighted by Gasteiger charge is 2.26. The summed E-state index contributed by atoms with van der Waals surface area (Å²) in [5, 5.41) is 2.81. The summed E-state index contributed by atoms with van der Waals surface area (Å²) in [6.07, 6.45) is 0. The van der Waals surface area contributed by atoms with E-state index in [-0.39, 0.29) is 23.9 Å². The molecule has 3 aromatic rings. The third-order valence-corrected chi connectivity index (χ3v) is 6.92. The van der Waals surface area contributed by atoms with Gasteiger partial charge >= 0.3 is 0 Å². The molecule has 0 aliphatic rings. The third-order valence-electron chi connectivity index (χ3n) is 4.58. The molecule has 1 N–H and O–H groups in total. The van der Waals surface area contributed by atoms with Crippen molar-refractivity contribution in [2.75, 3.05) is 6.54 Å². The van der Waals surface area contributed by atoms with Crippen LogP contribution < -0.4 is 5.32 Å². The van der Waals surface area contributed by atoms with Crippen molar-refractivity contribution >= 4 is 31.9 Å². The molecular formula is C23H23BrN2O3S. The fraction of sp³-hybridized carbons (Fsp3) is 0.174. The lowest BCUT2D eigenvalue weighted by Gasteiger charge is -2.22. The molecule has 0 aliphatic carbocycles. The fourth-order valence-electron chi connectivity index (χ4n) is 2.88. The van der Waals surface area contributed by atoms with Crippen LogP contribution in [0.2, 0.25) is 0 Å². The summed E-state index contributed by atoms with van der Waals surface area (Å²) in [7, 11) is -3.83. The number of carbonyl (C=O) groups excluding carboxylic acids is 1. The molecule has 0 atom stereocenters. The summed E-state index contributed by atoms with van der Waals surface area (Å²) in [6, 6.07) is 23.4. The Balaban J connectivity index is 1.77. The molecule has 0 aliphatic heterocycles. The topological polar surface area (TPSA) is 66.5 Å². The largest absolute Gasteiger partial charge is 0.351 e. The summed E-state index contributed by atoms with van der Waals surface area (Å²) in [4.78, 5) is 12.8. The van der Waals surface area contributed by atoms with Crippen LogP contribution in [0.15, 0.2) is 88.2 Å². The number of halogens is 1. The van der Waals surface area contributed by atoms with E-state index >= 15 is 0 Å². The highest BCUT2D eigenvalue weighted by Crippen LogP contribution is 2.19. The van der Waals surface area contributed by atoms with Crippen molar-refractivity contribution in [1.29, 1.82) is 0 Å². The van der Waals surface area contributed by atoms with Gasteiger partial charge in [-0.2, -0.15) is 4.31 Å². The molecule has 3 aromatic carbocycles. The monoisotopic (exact) mass is 486 g/mol. The minimum absolute atomic E-state index is 0.0997. The number of hydrogen-bond donors (Lipinski definition) is 1. The van der Waals surface area contributed by atoms with Crippen LogP contribution in [0, 0.1) is 6.92 Å². The van der Waals surface area contributed by atoms with E-state index in [0.29, 0.717) is 6.54 Å². The zero-order valence-corrected chi connectivity index (χ0v) is 19.0. The molecule has 0 spiro atoms. The van der Waals surface area contributed by atoms with Gasteiger partial charge in [0.2, 0.25) is 15.9 Å². The third kappa shape index (κ3) is 6.01. The molecule has 0 radical (unpaired) electrons. The maximum Gasteiger partial charge on any atom is 0.243 e. The Labute approximate surface area is 185 Å². The smallest absolute Gasteiger partial charge is 0.243 e. The second-order valence-corrected chi connectivity index (χ2v) is 9.83. The van der Waals surface area contributed by atoms with E-state index in [9.17, 15) is 13.2 Å². The lowest BCUT2D eigenvalue weighted by atomic mass is 10.1. The van der Waals surface area contributed by atoms with Crippen molar-refractivity contribution in [3.63, 3.8) is 0 Å². The van der Waals surface area contributed by atoms with Gasteiger partial charge in [0.1, 0.15) is 0 Å². The van der Waals surface area contributed by atoms with E-state index in [4.69, 9.17) is 0 Å². The molecule has 1 amide bonds. The van der Waals surface area contributed by atoms with E-state index in [1.54, 1.807) is 18.2 Å². The van der Waals surface area contributed by atoms with E-state index in [1.807, 2.05) is 55.5 Å². The molecule has 3 rings (SSSR count). The van der Waals surface area contributed by atoms with Gasteiger partial charge in [-0.05, 0) is 42.3 Å². The maximum atomic E-state index is 13.2. The predicted molar refractivity (Wildman–Crippen MR) is 121 cm³/mol. The molecule has 0 saturated carbocycles. The van der Waals surface area contributed by atoms with Gasteiger partial charge in [-0.1, -0.05) is 76.1 Å². The van der Waals surface area contributed by atoms with Crippen molar-refractivity contribution in [2.24, 2.45) is 0 Å². The molecule has 30 heavy (non-hydrogen) atoms. The van der Waals surface area contributed by atoms with Gasteiger partial charge in [0.05, 0.1) is 11.4 Å². The number of nitrogens with zero attached hydrogens (tertiary/aromatic N) is 1. The molecule has 156 valence electrons. The average molecular weight is 487 g/mol. The van der Waals surface area contributed by atoms with Gasteiger partial charge in [0.25, 0.3) is 0 Å². The van der Waals surface area contributed by atoms with Crippen molar-refractivity contribution in [3.05, 3.63) is 100 Å². The molecule has 7 heteroatoms. The number of nitrogens with one attached hydrogen (secondary N) is 1. The zero-order valence-electron chi connectivity index (χ0n) is 16.6. The molecule has 5 nitrogen and oxygen atoms in total. The Kier molecular flexibility index (Phi) is 7.42. The normalized spacial score (nSPS) is 11.4. The van der Waals surface area contributed by atoms with Crippen LogP contribution in [-0.2, 0) is 27.9 Å². The summed E-state index contributed by atoms with van der Waals surface area (Å²) in [5.74, 6) is -0.354. The first-order valence-electron chi connectivity index (χ1n) is 9.46. The first-order valence-corrected chi connectivity index (χ1v) is 11.7. The van der Waals surface area contributed by atoms with Crippen LogP contribution in [0.25, 0.3) is 0 Å². The first kappa shape index (κ1) is 22.2. The van der Waals surface area contributed by atoms with Crippen LogP contribution in [-0.4, -0.2) is 25.2 Å². The van der Waals surface area contributed by atoms with Gasteiger partial charge in [-0.25, -0.2) is 8.42 Å². The quantitative estimate of drug-likeness (QED) is 0.516. The highest BCUT2D eigenvalue weighted by molar-refractivity contribution is 9.10. The number of aryl methyl sites for hydroxylation is 1. The number of rotatable bonds is 8. The van der Waals surface area contributed by atoms with Crippen molar-refractivity contribution in [1.82, 2.24) is 9.62 Å². The van der Waals surface area contributed by atoms with Gasteiger partial charge in [-0.3, -0.25) is 4.79 Å². The summed E-state index contributed by atoms with van der Waals surface area (Å²) in [5.41, 5.74) is 2.89. The number of benzene rings is 3. The van der Waals surface area contributed by atoms with Crippen molar-refractivity contribution in [2.45, 2.75) is 24.9 Å². The molecule has 0 unspecified atom stereocenters. The van der Waals surface area contributed by atoms with Crippen molar-refractivity contribution < 1.29 is 13.2 Å². The van der Waals surface area contributed by atoms with Crippen LogP contribution >= 0.6 is 15.9 Å². The summed E-state index contributed by atoms with van der Waals surface area (Å²) >= 11 is 3.38. The number of hydrogen-bond acceptors (Lipinski definition) is 3. The molecular weight excluding hydrogens is 464 g/mol. The summed E-state index contributed by atoms with van der Waals surface area (Å²) in [6.45, 7) is 2.18. The lowest BCUT2D eigenvalue weighted by molar-refractivity contribution is -0.121. The Bertz CT molecular complexity index is 1080. The van der Waals surface area contributed by atoms with E-state index in [2.05, 4.69) is 21.2 Å². The number of amides is 1. The van der Waals surface area contributed by atoms with E-state index in [0.717, 1.165) is 21.2 Å². The number of sulfonamides is 1. The Hall–Kier alpha value is -2.48. The Morgan fingerprint density at radius 1 is 0.900 bits per heavy atom. The van der Waals surface area contributed by atoms with Crippen LogP contribution in [0.1, 0.15) is 16.7 Å². The van der Waals surface area contributed by atoms with Gasteiger partial charge in [0, 0.05) is 17.6 Å².